The van der Waals surface area contributed by atoms with Gasteiger partial charge in [-0.1, -0.05) is 23.9 Å². The molecule has 6 nitrogen and oxygen atoms in total. The Bertz CT molecular complexity index is 668. The van der Waals surface area contributed by atoms with Crippen LogP contribution >= 0.6 is 11.8 Å². The molecule has 1 heterocycles. The zero-order valence-corrected chi connectivity index (χ0v) is 13.7. The summed E-state index contributed by atoms with van der Waals surface area (Å²) in [5.74, 6) is -2.84. The zero-order valence-electron chi connectivity index (χ0n) is 12.9. The van der Waals surface area contributed by atoms with E-state index in [0.29, 0.717) is 4.91 Å². The quantitative estimate of drug-likeness (QED) is 0.290. The van der Waals surface area contributed by atoms with Gasteiger partial charge in [0.15, 0.2) is 0 Å². The van der Waals surface area contributed by atoms with Crippen molar-refractivity contribution in [3.05, 3.63) is 34.7 Å². The molecule has 1 aromatic carbocycles. The SMILES string of the molecule is CCOC(=O)C(=O)C(C(=O)OCC)=C1CNc2ccccc2S1. The van der Waals surface area contributed by atoms with Crippen molar-refractivity contribution in [2.24, 2.45) is 0 Å². The summed E-state index contributed by atoms with van der Waals surface area (Å²) in [6, 6.07) is 7.50. The lowest BCUT2D eigenvalue weighted by Gasteiger charge is -2.21. The van der Waals surface area contributed by atoms with E-state index >= 15 is 0 Å². The number of nitrogens with one attached hydrogen (secondary N) is 1. The monoisotopic (exact) mass is 335 g/mol. The molecule has 0 aromatic heterocycles. The van der Waals surface area contributed by atoms with Gasteiger partial charge in [-0.05, 0) is 26.0 Å². The van der Waals surface area contributed by atoms with Gasteiger partial charge in [-0.15, -0.1) is 0 Å². The van der Waals surface area contributed by atoms with Crippen LogP contribution in [0.3, 0.4) is 0 Å². The molecule has 0 amide bonds. The summed E-state index contributed by atoms with van der Waals surface area (Å²) >= 11 is 1.27. The summed E-state index contributed by atoms with van der Waals surface area (Å²) < 4.78 is 9.64. The summed E-state index contributed by atoms with van der Waals surface area (Å²) in [6.45, 7) is 3.66. The molecule has 7 heteroatoms. The number of anilines is 1. The number of hydrogen-bond acceptors (Lipinski definition) is 7. The van der Waals surface area contributed by atoms with Crippen molar-refractivity contribution in [3.63, 3.8) is 0 Å². The number of hydrogen-bond donors (Lipinski definition) is 1. The van der Waals surface area contributed by atoms with E-state index in [0.717, 1.165) is 10.6 Å². The molecule has 23 heavy (non-hydrogen) atoms. The van der Waals surface area contributed by atoms with E-state index in [1.165, 1.54) is 11.8 Å². The molecule has 2 rings (SSSR count). The number of ketones is 1. The summed E-state index contributed by atoms with van der Waals surface area (Å²) in [4.78, 5) is 37.5. The van der Waals surface area contributed by atoms with Crippen molar-refractivity contribution < 1.29 is 23.9 Å². The Balaban J connectivity index is 2.39. The van der Waals surface area contributed by atoms with Crippen LogP contribution in [0.1, 0.15) is 13.8 Å². The first-order valence-electron chi connectivity index (χ1n) is 7.20. The predicted molar refractivity (Wildman–Crippen MR) is 86.1 cm³/mol. The summed E-state index contributed by atoms with van der Waals surface area (Å²) in [6.07, 6.45) is 0. The smallest absolute Gasteiger partial charge is 0.379 e. The van der Waals surface area contributed by atoms with Gasteiger partial charge in [-0.2, -0.15) is 0 Å². The van der Waals surface area contributed by atoms with Crippen molar-refractivity contribution in [1.29, 1.82) is 0 Å². The molecule has 0 unspecified atom stereocenters. The first kappa shape index (κ1) is 17.1. The predicted octanol–water partition coefficient (Wildman–Crippen LogP) is 2.15. The lowest BCUT2D eigenvalue weighted by Crippen LogP contribution is -2.28. The van der Waals surface area contributed by atoms with Crippen molar-refractivity contribution in [1.82, 2.24) is 0 Å². The number of carbonyl (C=O) groups is 3. The minimum atomic E-state index is -1.05. The molecule has 122 valence electrons. The number of Topliss-reactive ketones (excluding diaryl/α,β-unsaturated/α-hetero) is 1. The van der Waals surface area contributed by atoms with Gasteiger partial charge in [0.05, 0.1) is 13.2 Å². The maximum atomic E-state index is 12.3. The summed E-state index contributed by atoms with van der Waals surface area (Å²) in [7, 11) is 0. The highest BCUT2D eigenvalue weighted by atomic mass is 32.2. The summed E-state index contributed by atoms with van der Waals surface area (Å²) in [5.41, 5.74) is 0.644. The number of fused-ring (bicyclic) bond motifs is 1. The Kier molecular flexibility index (Phi) is 5.81. The van der Waals surface area contributed by atoms with Gasteiger partial charge in [0.1, 0.15) is 5.57 Å². The molecule has 1 aromatic rings. The molecule has 0 aliphatic carbocycles. The molecular formula is C16H17NO5S. The first-order chi connectivity index (χ1) is 11.1. The van der Waals surface area contributed by atoms with Crippen LogP contribution in [0, 0.1) is 0 Å². The van der Waals surface area contributed by atoms with Crippen LogP contribution in [0.25, 0.3) is 0 Å². The molecular weight excluding hydrogens is 318 g/mol. The molecule has 0 saturated carbocycles. The second-order valence-corrected chi connectivity index (χ2v) is 5.66. The van der Waals surface area contributed by atoms with Crippen molar-refractivity contribution >= 4 is 35.2 Å². The van der Waals surface area contributed by atoms with Crippen molar-refractivity contribution in [2.45, 2.75) is 18.7 Å². The Morgan fingerprint density at radius 3 is 2.43 bits per heavy atom. The van der Waals surface area contributed by atoms with Crippen LogP contribution in [0.5, 0.6) is 0 Å². The third kappa shape index (κ3) is 3.92. The number of thioether (sulfide) groups is 1. The third-order valence-corrected chi connectivity index (χ3v) is 4.18. The van der Waals surface area contributed by atoms with E-state index in [2.05, 4.69) is 5.32 Å². The Hall–Kier alpha value is -2.28. The van der Waals surface area contributed by atoms with Crippen LogP contribution < -0.4 is 5.32 Å². The average molecular weight is 335 g/mol. The molecule has 0 bridgehead atoms. The minimum absolute atomic E-state index is 0.0598. The van der Waals surface area contributed by atoms with Crippen molar-refractivity contribution in [3.8, 4) is 0 Å². The van der Waals surface area contributed by atoms with Gasteiger partial charge in [0.2, 0.25) is 0 Å². The second kappa shape index (κ2) is 7.82. The van der Waals surface area contributed by atoms with Gasteiger partial charge in [0.25, 0.3) is 5.78 Å². The molecule has 1 aliphatic heterocycles. The summed E-state index contributed by atoms with van der Waals surface area (Å²) in [5, 5.41) is 3.13. The molecule has 0 spiro atoms. The molecule has 0 saturated heterocycles. The van der Waals surface area contributed by atoms with Gasteiger partial charge in [-0.3, -0.25) is 4.79 Å². The number of carbonyl (C=O) groups excluding carboxylic acids is 3. The van der Waals surface area contributed by atoms with Gasteiger partial charge < -0.3 is 14.8 Å². The molecule has 0 radical (unpaired) electrons. The lowest BCUT2D eigenvalue weighted by molar-refractivity contribution is -0.153. The molecule has 1 N–H and O–H groups in total. The van der Waals surface area contributed by atoms with E-state index in [1.807, 2.05) is 24.3 Å². The lowest BCUT2D eigenvalue weighted by atomic mass is 10.1. The maximum absolute atomic E-state index is 12.3. The molecule has 1 aliphatic rings. The Morgan fingerprint density at radius 2 is 1.74 bits per heavy atom. The highest BCUT2D eigenvalue weighted by Gasteiger charge is 2.32. The maximum Gasteiger partial charge on any atom is 0.379 e. The van der Waals surface area contributed by atoms with Gasteiger partial charge >= 0.3 is 11.9 Å². The third-order valence-electron chi connectivity index (χ3n) is 3.01. The van der Waals surface area contributed by atoms with Crippen LogP contribution in [-0.4, -0.2) is 37.5 Å². The largest absolute Gasteiger partial charge is 0.462 e. The number of esters is 2. The topological polar surface area (TPSA) is 81.7 Å². The fourth-order valence-corrected chi connectivity index (χ4v) is 3.11. The number of benzene rings is 1. The van der Waals surface area contributed by atoms with Gasteiger partial charge in [-0.25, -0.2) is 9.59 Å². The minimum Gasteiger partial charge on any atom is -0.462 e. The number of rotatable bonds is 5. The van der Waals surface area contributed by atoms with Crippen molar-refractivity contribution in [2.75, 3.05) is 25.1 Å². The molecule has 0 fully saturated rings. The molecule has 0 atom stereocenters. The fourth-order valence-electron chi connectivity index (χ4n) is 2.02. The normalized spacial score (nSPS) is 15.0. The van der Waals surface area contributed by atoms with E-state index in [4.69, 9.17) is 9.47 Å². The number of para-hydroxylation sites is 1. The van der Waals surface area contributed by atoms with E-state index in [1.54, 1.807) is 13.8 Å². The highest BCUT2D eigenvalue weighted by Crippen LogP contribution is 2.38. The Labute approximate surface area is 138 Å². The fraction of sp³-hybridized carbons (Fsp3) is 0.312. The van der Waals surface area contributed by atoms with Crippen LogP contribution in [0.2, 0.25) is 0 Å². The average Bonchev–Trinajstić information content (AvgIpc) is 2.55. The first-order valence-corrected chi connectivity index (χ1v) is 8.02. The number of ether oxygens (including phenoxy) is 2. The van der Waals surface area contributed by atoms with E-state index < -0.39 is 17.7 Å². The Morgan fingerprint density at radius 1 is 1.09 bits per heavy atom. The zero-order chi connectivity index (χ0) is 16.8. The van der Waals surface area contributed by atoms with Crippen LogP contribution in [0.15, 0.2) is 39.6 Å². The van der Waals surface area contributed by atoms with E-state index in [-0.39, 0.29) is 25.3 Å². The van der Waals surface area contributed by atoms with E-state index in [9.17, 15) is 14.4 Å². The standard InChI is InChI=1S/C16H17NO5S/c1-3-21-15(19)13(14(18)16(20)22-4-2)12-9-17-10-7-5-6-8-11(10)23-12/h5-8,17H,3-4,9H2,1-2H3. The highest BCUT2D eigenvalue weighted by molar-refractivity contribution is 8.03. The van der Waals surface area contributed by atoms with Crippen LogP contribution in [0.4, 0.5) is 5.69 Å². The second-order valence-electron chi connectivity index (χ2n) is 4.52. The van der Waals surface area contributed by atoms with Gasteiger partial charge in [0, 0.05) is 22.0 Å². The van der Waals surface area contributed by atoms with Crippen LogP contribution in [-0.2, 0) is 23.9 Å².